The molecule has 0 saturated heterocycles. The second-order valence-electron chi connectivity index (χ2n) is 9.78. The van der Waals surface area contributed by atoms with E-state index in [1.54, 1.807) is 39.8 Å². The SMILES string of the molecule is C/C=C(/C)C(=O)OCc1nccc2c1C(=O)C(OC1=C(C)C(=O)c3ccnc(COC(=O)/C(C)=C\C)c3C1=O)=C(C)C2=O. The summed E-state index contributed by atoms with van der Waals surface area (Å²) in [6.45, 7) is 8.40. The van der Waals surface area contributed by atoms with Crippen molar-refractivity contribution < 1.29 is 43.0 Å². The molecule has 11 heteroatoms. The quantitative estimate of drug-likeness (QED) is 0.317. The van der Waals surface area contributed by atoms with Crippen LogP contribution in [-0.4, -0.2) is 45.0 Å². The molecule has 2 heterocycles. The summed E-state index contributed by atoms with van der Waals surface area (Å²) < 4.78 is 16.4. The van der Waals surface area contributed by atoms with Gasteiger partial charge in [-0.3, -0.25) is 29.1 Å². The Balaban J connectivity index is 1.70. The van der Waals surface area contributed by atoms with Gasteiger partial charge in [0, 0.05) is 45.8 Å². The Kier molecular flexibility index (Phi) is 8.74. The van der Waals surface area contributed by atoms with E-state index in [4.69, 9.17) is 14.2 Å². The van der Waals surface area contributed by atoms with Gasteiger partial charge >= 0.3 is 11.9 Å². The van der Waals surface area contributed by atoms with Gasteiger partial charge in [-0.25, -0.2) is 9.59 Å². The summed E-state index contributed by atoms with van der Waals surface area (Å²) in [7, 11) is 0. The van der Waals surface area contributed by atoms with E-state index in [1.807, 2.05) is 0 Å². The first-order chi connectivity index (χ1) is 20.4. The zero-order chi connectivity index (χ0) is 31.6. The molecule has 0 amide bonds. The van der Waals surface area contributed by atoms with Crippen molar-refractivity contribution in [3.05, 3.63) is 104 Å². The van der Waals surface area contributed by atoms with E-state index in [2.05, 4.69) is 9.97 Å². The molecule has 0 fully saturated rings. The number of carbonyl (C=O) groups excluding carboxylic acids is 6. The molecular formula is C32H28N2O9. The molecule has 2 aliphatic carbocycles. The molecule has 0 spiro atoms. The molecule has 2 aromatic heterocycles. The molecule has 220 valence electrons. The van der Waals surface area contributed by atoms with E-state index >= 15 is 0 Å². The number of esters is 2. The molecule has 4 rings (SSSR count). The molecule has 0 bridgehead atoms. The minimum absolute atomic E-state index is 0.0218. The van der Waals surface area contributed by atoms with Gasteiger partial charge in [-0.1, -0.05) is 12.2 Å². The van der Waals surface area contributed by atoms with Crippen LogP contribution < -0.4 is 0 Å². The van der Waals surface area contributed by atoms with Gasteiger partial charge < -0.3 is 14.2 Å². The van der Waals surface area contributed by atoms with Gasteiger partial charge in [0.05, 0.1) is 22.5 Å². The highest BCUT2D eigenvalue weighted by Crippen LogP contribution is 2.34. The number of allylic oxidation sites excluding steroid dienone is 6. The lowest BCUT2D eigenvalue weighted by molar-refractivity contribution is -0.141. The van der Waals surface area contributed by atoms with E-state index in [1.165, 1.54) is 38.4 Å². The lowest BCUT2D eigenvalue weighted by atomic mass is 9.86. The van der Waals surface area contributed by atoms with E-state index in [9.17, 15) is 28.8 Å². The fourth-order valence-electron chi connectivity index (χ4n) is 4.37. The van der Waals surface area contributed by atoms with Crippen molar-refractivity contribution in [3.63, 3.8) is 0 Å². The lowest BCUT2D eigenvalue weighted by Gasteiger charge is -2.25. The molecule has 0 N–H and O–H groups in total. The van der Waals surface area contributed by atoms with Crippen molar-refractivity contribution in [1.82, 2.24) is 9.97 Å². The van der Waals surface area contributed by atoms with E-state index < -0.39 is 59.8 Å². The molecule has 0 aromatic carbocycles. The normalized spacial score (nSPS) is 15.4. The number of carbonyl (C=O) groups is 6. The van der Waals surface area contributed by atoms with Crippen LogP contribution in [-0.2, 0) is 37.0 Å². The number of nitrogens with zero attached hydrogens (tertiary/aromatic N) is 2. The highest BCUT2D eigenvalue weighted by Gasteiger charge is 2.39. The summed E-state index contributed by atoms with van der Waals surface area (Å²) in [5.74, 6) is -4.87. The van der Waals surface area contributed by atoms with Crippen molar-refractivity contribution >= 4 is 35.1 Å². The number of fused-ring (bicyclic) bond motifs is 2. The number of ketones is 4. The van der Waals surface area contributed by atoms with E-state index in [0.29, 0.717) is 11.1 Å². The number of hydrogen-bond acceptors (Lipinski definition) is 11. The Morgan fingerprint density at radius 1 is 0.674 bits per heavy atom. The maximum atomic E-state index is 13.8. The van der Waals surface area contributed by atoms with Gasteiger partial charge in [-0.15, -0.1) is 0 Å². The Hall–Kier alpha value is -5.32. The van der Waals surface area contributed by atoms with Crippen LogP contribution in [0.1, 0.15) is 94.4 Å². The summed E-state index contributed by atoms with van der Waals surface area (Å²) in [6, 6.07) is 2.73. The molecule has 11 nitrogen and oxygen atoms in total. The summed E-state index contributed by atoms with van der Waals surface area (Å²) in [5.41, 5.74) is 0.334. The maximum Gasteiger partial charge on any atom is 0.333 e. The minimum Gasteiger partial charge on any atom is -0.456 e. The average molecular weight is 585 g/mol. The van der Waals surface area contributed by atoms with Crippen LogP contribution in [0.25, 0.3) is 0 Å². The average Bonchev–Trinajstić information content (AvgIpc) is 3.02. The van der Waals surface area contributed by atoms with Crippen molar-refractivity contribution in [2.24, 2.45) is 0 Å². The molecule has 0 unspecified atom stereocenters. The maximum absolute atomic E-state index is 13.8. The van der Waals surface area contributed by atoms with Crippen molar-refractivity contribution in [3.8, 4) is 0 Å². The predicted octanol–water partition coefficient (Wildman–Crippen LogP) is 4.52. The molecule has 2 aliphatic rings. The third-order valence-corrected chi connectivity index (χ3v) is 7.17. The number of hydrogen-bond donors (Lipinski definition) is 0. The van der Waals surface area contributed by atoms with Gasteiger partial charge in [0.25, 0.3) is 0 Å². The summed E-state index contributed by atoms with van der Waals surface area (Å²) in [5, 5.41) is 0. The molecular weight excluding hydrogens is 556 g/mol. The lowest BCUT2D eigenvalue weighted by Crippen LogP contribution is -2.29. The topological polar surface area (TPSA) is 156 Å². The van der Waals surface area contributed by atoms with Crippen molar-refractivity contribution in [2.45, 2.75) is 54.8 Å². The van der Waals surface area contributed by atoms with E-state index in [0.717, 1.165) is 0 Å². The minimum atomic E-state index is -0.775. The summed E-state index contributed by atoms with van der Waals surface area (Å²) in [4.78, 5) is 86.8. The zero-order valence-corrected chi connectivity index (χ0v) is 24.4. The predicted molar refractivity (Wildman–Crippen MR) is 151 cm³/mol. The van der Waals surface area contributed by atoms with Crippen LogP contribution in [0.4, 0.5) is 0 Å². The summed E-state index contributed by atoms with van der Waals surface area (Å²) >= 11 is 0. The number of pyridine rings is 2. The molecule has 0 aliphatic heterocycles. The third kappa shape index (κ3) is 5.61. The highest BCUT2D eigenvalue weighted by molar-refractivity contribution is 6.28. The number of Topliss-reactive ketones (excluding diaryl/α,β-unsaturated/α-hetero) is 4. The molecule has 2 aromatic rings. The molecule has 0 saturated carbocycles. The van der Waals surface area contributed by atoms with Crippen LogP contribution in [0.3, 0.4) is 0 Å². The van der Waals surface area contributed by atoms with Crippen LogP contribution in [0, 0.1) is 0 Å². The number of ether oxygens (including phenoxy) is 3. The second-order valence-corrected chi connectivity index (χ2v) is 9.78. The zero-order valence-electron chi connectivity index (χ0n) is 24.4. The van der Waals surface area contributed by atoms with Crippen molar-refractivity contribution in [2.75, 3.05) is 0 Å². The highest BCUT2D eigenvalue weighted by atomic mass is 16.5. The molecule has 0 atom stereocenters. The van der Waals surface area contributed by atoms with E-state index in [-0.39, 0.29) is 44.8 Å². The van der Waals surface area contributed by atoms with Crippen LogP contribution in [0.2, 0.25) is 0 Å². The standard InChI is InChI=1S/C32H28N2O9/c1-7-15(3)31(39)41-13-21-23-19(9-11-33-21)25(35)17(5)29(27(23)37)43-30-18(6)26(36)20-10-12-34-22(24(20)28(30)38)14-42-32(40)16(4)8-2/h7-12H,13-14H2,1-6H3/b15-7-,16-8-. The second kappa shape index (κ2) is 12.3. The van der Waals surface area contributed by atoms with Gasteiger partial charge in [0.1, 0.15) is 13.2 Å². The largest absolute Gasteiger partial charge is 0.456 e. The van der Waals surface area contributed by atoms with Crippen LogP contribution >= 0.6 is 0 Å². The molecule has 0 radical (unpaired) electrons. The monoisotopic (exact) mass is 584 g/mol. The third-order valence-electron chi connectivity index (χ3n) is 7.17. The Morgan fingerprint density at radius 3 is 1.40 bits per heavy atom. The number of rotatable bonds is 8. The first-order valence-electron chi connectivity index (χ1n) is 13.3. The van der Waals surface area contributed by atoms with Gasteiger partial charge in [0.15, 0.2) is 23.1 Å². The first kappa shape index (κ1) is 30.6. The van der Waals surface area contributed by atoms with Gasteiger partial charge in [-0.2, -0.15) is 0 Å². The Morgan fingerprint density at radius 2 is 1.05 bits per heavy atom. The smallest absolute Gasteiger partial charge is 0.333 e. The summed E-state index contributed by atoms with van der Waals surface area (Å²) in [6.07, 6.45) is 5.77. The Labute approximate surface area is 246 Å². The van der Waals surface area contributed by atoms with Gasteiger partial charge in [0.2, 0.25) is 11.6 Å². The molecule has 43 heavy (non-hydrogen) atoms. The van der Waals surface area contributed by atoms with Gasteiger partial charge in [-0.05, 0) is 53.7 Å². The van der Waals surface area contributed by atoms with Crippen molar-refractivity contribution in [1.29, 1.82) is 0 Å². The Bertz CT molecular complexity index is 1630. The fraction of sp³-hybridized carbons (Fsp3) is 0.250. The fourth-order valence-corrected chi connectivity index (χ4v) is 4.37. The van der Waals surface area contributed by atoms with Crippen LogP contribution in [0.5, 0.6) is 0 Å². The first-order valence-corrected chi connectivity index (χ1v) is 13.3. The number of aromatic nitrogens is 2. The van der Waals surface area contributed by atoms with Crippen LogP contribution in [0.15, 0.2) is 70.5 Å².